The van der Waals surface area contributed by atoms with Crippen molar-refractivity contribution in [3.63, 3.8) is 0 Å². The van der Waals surface area contributed by atoms with Gasteiger partial charge < -0.3 is 4.57 Å². The molecule has 0 fully saturated rings. The van der Waals surface area contributed by atoms with E-state index in [1.54, 1.807) is 27.2 Å². The molecule has 0 unspecified atom stereocenters. The highest BCUT2D eigenvalue weighted by Gasteiger charge is 2.05. The van der Waals surface area contributed by atoms with Gasteiger partial charge >= 0.3 is 0 Å². The van der Waals surface area contributed by atoms with Crippen LogP contribution >= 0.6 is 38.6 Å². The first kappa shape index (κ1) is 11.2. The van der Waals surface area contributed by atoms with Gasteiger partial charge in [-0.1, -0.05) is 0 Å². The molecule has 0 radical (unpaired) electrons. The third-order valence-electron chi connectivity index (χ3n) is 2.54. The van der Waals surface area contributed by atoms with Gasteiger partial charge in [0.1, 0.15) is 0 Å². The van der Waals surface area contributed by atoms with Crippen molar-refractivity contribution >= 4 is 48.7 Å². The molecule has 5 heteroatoms. The van der Waals surface area contributed by atoms with Gasteiger partial charge in [0.15, 0.2) is 0 Å². The zero-order valence-electron chi connectivity index (χ0n) is 8.72. The highest BCUT2D eigenvalue weighted by Crippen LogP contribution is 2.21. The summed E-state index contributed by atoms with van der Waals surface area (Å²) in [4.78, 5) is 13.3. The fourth-order valence-electron chi connectivity index (χ4n) is 1.74. The number of hydrogen-bond acceptors (Lipinski definition) is 3. The lowest BCUT2D eigenvalue weighted by Gasteiger charge is -2.03. The minimum Gasteiger partial charge on any atom is -0.310 e. The van der Waals surface area contributed by atoms with Crippen LogP contribution in [0.3, 0.4) is 0 Å². The largest absolute Gasteiger partial charge is 0.310 e. The molecule has 0 aliphatic heterocycles. The van der Waals surface area contributed by atoms with Crippen molar-refractivity contribution in [3.05, 3.63) is 54.9 Å². The Bertz CT molecular complexity index is 725. The topological polar surface area (TPSA) is 22.0 Å². The monoisotopic (exact) mass is 325 g/mol. The molecule has 0 bridgehead atoms. The summed E-state index contributed by atoms with van der Waals surface area (Å²) in [5.74, 6) is 0. The number of pyridine rings is 1. The smallest absolute Gasteiger partial charge is 0.259 e. The summed E-state index contributed by atoms with van der Waals surface area (Å²) in [6.07, 6.45) is 1.87. The molecular formula is C12H8BrNOS2. The van der Waals surface area contributed by atoms with Crippen molar-refractivity contribution in [2.45, 2.75) is 6.54 Å². The van der Waals surface area contributed by atoms with Crippen molar-refractivity contribution in [1.82, 2.24) is 4.57 Å². The lowest BCUT2D eigenvalue weighted by Crippen LogP contribution is -2.18. The fourth-order valence-corrected chi connectivity index (χ4v) is 3.96. The molecule has 0 atom stereocenters. The Labute approximate surface area is 114 Å². The number of hydrogen-bond donors (Lipinski definition) is 0. The van der Waals surface area contributed by atoms with Crippen LogP contribution in [0.25, 0.3) is 10.1 Å². The quantitative estimate of drug-likeness (QED) is 0.699. The second-order valence-electron chi connectivity index (χ2n) is 3.68. The highest BCUT2D eigenvalue weighted by molar-refractivity contribution is 9.10. The Morgan fingerprint density at radius 2 is 2.18 bits per heavy atom. The zero-order valence-corrected chi connectivity index (χ0v) is 11.9. The van der Waals surface area contributed by atoms with Gasteiger partial charge in [-0.05, 0) is 39.5 Å². The van der Waals surface area contributed by atoms with Crippen molar-refractivity contribution in [1.29, 1.82) is 0 Å². The van der Waals surface area contributed by atoms with Gasteiger partial charge in [-0.2, -0.15) is 0 Å². The molecule has 0 aliphatic rings. The Kier molecular flexibility index (Phi) is 2.90. The first-order valence-electron chi connectivity index (χ1n) is 5.03. The summed E-state index contributed by atoms with van der Waals surface area (Å²) in [5, 5.41) is 4.80. The molecule has 0 aromatic carbocycles. The third kappa shape index (κ3) is 2.10. The molecule has 0 saturated carbocycles. The molecule has 0 aliphatic carbocycles. The SMILES string of the molecule is O=c1c2ccsc2ccn1Cc1cc(Br)cs1. The third-order valence-corrected chi connectivity index (χ3v) is 5.10. The second-order valence-corrected chi connectivity index (χ2v) is 6.54. The van der Waals surface area contributed by atoms with E-state index in [1.165, 1.54) is 4.88 Å². The second kappa shape index (κ2) is 4.40. The first-order valence-corrected chi connectivity index (χ1v) is 7.59. The van der Waals surface area contributed by atoms with Crippen LogP contribution in [0.4, 0.5) is 0 Å². The summed E-state index contributed by atoms with van der Waals surface area (Å²) < 4.78 is 3.88. The molecule has 3 aromatic rings. The molecule has 0 saturated heterocycles. The summed E-state index contributed by atoms with van der Waals surface area (Å²) in [7, 11) is 0. The van der Waals surface area contributed by atoms with Crippen LogP contribution in [-0.2, 0) is 6.54 Å². The van der Waals surface area contributed by atoms with Crippen LogP contribution < -0.4 is 5.56 Å². The number of halogens is 1. The Morgan fingerprint density at radius 1 is 1.29 bits per heavy atom. The lowest BCUT2D eigenvalue weighted by atomic mass is 10.3. The number of aromatic nitrogens is 1. The number of nitrogens with zero attached hydrogens (tertiary/aromatic N) is 1. The molecule has 17 heavy (non-hydrogen) atoms. The van der Waals surface area contributed by atoms with E-state index in [0.29, 0.717) is 6.54 Å². The number of fused-ring (bicyclic) bond motifs is 1. The molecule has 0 spiro atoms. The van der Waals surface area contributed by atoms with E-state index in [9.17, 15) is 4.79 Å². The zero-order chi connectivity index (χ0) is 11.8. The van der Waals surface area contributed by atoms with E-state index in [0.717, 1.165) is 14.6 Å². The maximum absolute atomic E-state index is 12.2. The van der Waals surface area contributed by atoms with Crippen molar-refractivity contribution in [3.8, 4) is 0 Å². The average Bonchev–Trinajstić information content (AvgIpc) is 2.92. The summed E-state index contributed by atoms with van der Waals surface area (Å²) in [6, 6.07) is 5.95. The molecule has 0 amide bonds. The van der Waals surface area contributed by atoms with Gasteiger partial charge in [-0.25, -0.2) is 0 Å². The molecule has 3 heterocycles. The maximum Gasteiger partial charge on any atom is 0.259 e. The van der Waals surface area contributed by atoms with E-state index in [-0.39, 0.29) is 5.56 Å². The van der Waals surface area contributed by atoms with Crippen LogP contribution in [0.15, 0.2) is 44.4 Å². The average molecular weight is 326 g/mol. The van der Waals surface area contributed by atoms with Crippen molar-refractivity contribution < 1.29 is 0 Å². The molecule has 3 rings (SSSR count). The number of rotatable bonds is 2. The first-order chi connectivity index (χ1) is 8.24. The standard InChI is InChI=1S/C12H8BrNOS2/c13-8-5-9(17-7-8)6-14-3-1-11-10(12(14)15)2-4-16-11/h1-5,7H,6H2. The van der Waals surface area contributed by atoms with E-state index >= 15 is 0 Å². The minimum atomic E-state index is 0.0910. The summed E-state index contributed by atoms with van der Waals surface area (Å²) in [5.41, 5.74) is 0.0910. The molecular weight excluding hydrogens is 318 g/mol. The van der Waals surface area contributed by atoms with Gasteiger partial charge in [0.25, 0.3) is 5.56 Å². The fraction of sp³-hybridized carbons (Fsp3) is 0.0833. The van der Waals surface area contributed by atoms with Crippen LogP contribution in [0.2, 0.25) is 0 Å². The van der Waals surface area contributed by atoms with E-state index in [4.69, 9.17) is 0 Å². The normalized spacial score (nSPS) is 11.1. The van der Waals surface area contributed by atoms with Crippen LogP contribution in [0.1, 0.15) is 4.88 Å². The predicted octanol–water partition coefficient (Wildman–Crippen LogP) is 3.94. The highest BCUT2D eigenvalue weighted by atomic mass is 79.9. The van der Waals surface area contributed by atoms with Gasteiger partial charge in [0.2, 0.25) is 0 Å². The lowest BCUT2D eigenvalue weighted by molar-refractivity contribution is 0.779. The molecule has 3 aromatic heterocycles. The number of thiophene rings is 2. The Hall–Kier alpha value is -0.910. The minimum absolute atomic E-state index is 0.0910. The van der Waals surface area contributed by atoms with Crippen LogP contribution in [0, 0.1) is 0 Å². The van der Waals surface area contributed by atoms with Gasteiger partial charge in [0.05, 0.1) is 11.9 Å². The maximum atomic E-state index is 12.2. The Morgan fingerprint density at radius 3 is 2.94 bits per heavy atom. The molecule has 2 nitrogen and oxygen atoms in total. The van der Waals surface area contributed by atoms with Gasteiger partial charge in [-0.15, -0.1) is 22.7 Å². The summed E-state index contributed by atoms with van der Waals surface area (Å²) >= 11 is 6.68. The van der Waals surface area contributed by atoms with E-state index in [2.05, 4.69) is 22.0 Å². The van der Waals surface area contributed by atoms with Crippen LogP contribution in [0.5, 0.6) is 0 Å². The molecule has 86 valence electrons. The van der Waals surface area contributed by atoms with Gasteiger partial charge in [-0.3, -0.25) is 4.79 Å². The molecule has 0 N–H and O–H groups in total. The van der Waals surface area contributed by atoms with Crippen LogP contribution in [-0.4, -0.2) is 4.57 Å². The van der Waals surface area contributed by atoms with Crippen molar-refractivity contribution in [2.75, 3.05) is 0 Å². The van der Waals surface area contributed by atoms with E-state index in [1.807, 2.05) is 29.1 Å². The van der Waals surface area contributed by atoms with E-state index < -0.39 is 0 Å². The van der Waals surface area contributed by atoms with Gasteiger partial charge in [0, 0.05) is 25.6 Å². The van der Waals surface area contributed by atoms with Crippen molar-refractivity contribution in [2.24, 2.45) is 0 Å². The Balaban J connectivity index is 2.06. The summed E-state index contributed by atoms with van der Waals surface area (Å²) in [6.45, 7) is 0.640. The predicted molar refractivity (Wildman–Crippen MR) is 77.2 cm³/mol.